The second kappa shape index (κ2) is 4.89. The van der Waals surface area contributed by atoms with Crippen molar-refractivity contribution in [1.29, 1.82) is 0 Å². The summed E-state index contributed by atoms with van der Waals surface area (Å²) in [6.07, 6.45) is 7.77. The molecule has 0 amide bonds. The van der Waals surface area contributed by atoms with E-state index in [9.17, 15) is 4.79 Å². The summed E-state index contributed by atoms with van der Waals surface area (Å²) in [6.45, 7) is 1.51. The molecule has 4 heterocycles. The van der Waals surface area contributed by atoms with E-state index in [-0.39, 0.29) is 5.43 Å². The molecule has 0 radical (unpaired) electrons. The molecule has 116 valence electrons. The van der Waals surface area contributed by atoms with E-state index in [0.717, 1.165) is 47.7 Å². The normalized spacial score (nSPS) is 16.6. The lowest BCUT2D eigenvalue weighted by Gasteiger charge is -2.29. The molecular weight excluding hydrogens is 308 g/mol. The van der Waals surface area contributed by atoms with Gasteiger partial charge in [0.05, 0.1) is 5.39 Å². The van der Waals surface area contributed by atoms with Crippen molar-refractivity contribution in [1.82, 2.24) is 15.0 Å². The van der Waals surface area contributed by atoms with Gasteiger partial charge >= 0.3 is 0 Å². The summed E-state index contributed by atoms with van der Waals surface area (Å²) in [6, 6.07) is 1.61. The molecule has 0 fully saturated rings. The van der Waals surface area contributed by atoms with Crippen LogP contribution in [0.4, 0.5) is 5.82 Å². The fourth-order valence-electron chi connectivity index (χ4n) is 3.80. The fraction of sp³-hybridized carbons (Fsp3) is 0.353. The van der Waals surface area contributed by atoms with Crippen LogP contribution in [0.25, 0.3) is 10.2 Å². The highest BCUT2D eigenvalue weighted by molar-refractivity contribution is 7.19. The van der Waals surface area contributed by atoms with Crippen LogP contribution < -0.4 is 10.3 Å². The fourth-order valence-corrected chi connectivity index (χ4v) is 5.02. The van der Waals surface area contributed by atoms with Gasteiger partial charge in [-0.05, 0) is 24.8 Å². The third-order valence-corrected chi connectivity index (χ3v) is 6.12. The van der Waals surface area contributed by atoms with E-state index in [2.05, 4.69) is 19.9 Å². The van der Waals surface area contributed by atoms with Gasteiger partial charge in [-0.3, -0.25) is 4.79 Å². The zero-order valence-corrected chi connectivity index (χ0v) is 13.4. The Morgan fingerprint density at radius 3 is 3.09 bits per heavy atom. The predicted octanol–water partition coefficient (Wildman–Crippen LogP) is 2.43. The highest BCUT2D eigenvalue weighted by Crippen LogP contribution is 2.40. The minimum absolute atomic E-state index is 0.115. The van der Waals surface area contributed by atoms with Crippen LogP contribution in [0, 0.1) is 0 Å². The van der Waals surface area contributed by atoms with Crippen LogP contribution in [0.3, 0.4) is 0 Å². The number of rotatable bonds is 1. The Labute approximate surface area is 137 Å². The van der Waals surface area contributed by atoms with Crippen LogP contribution in [0.1, 0.15) is 28.1 Å². The number of aryl methyl sites for hydroxylation is 2. The third-order valence-electron chi connectivity index (χ3n) is 4.92. The summed E-state index contributed by atoms with van der Waals surface area (Å²) in [7, 11) is 0. The summed E-state index contributed by atoms with van der Waals surface area (Å²) in [4.78, 5) is 29.3. The van der Waals surface area contributed by atoms with E-state index >= 15 is 0 Å². The number of aromatic amines is 1. The molecule has 0 saturated carbocycles. The summed E-state index contributed by atoms with van der Waals surface area (Å²) in [5, 5.41) is 1.22. The quantitative estimate of drug-likeness (QED) is 0.747. The van der Waals surface area contributed by atoms with Crippen LogP contribution in [0.15, 0.2) is 23.4 Å². The van der Waals surface area contributed by atoms with E-state index in [1.54, 1.807) is 18.6 Å². The molecule has 3 aromatic heterocycles. The number of nitrogens with zero attached hydrogens (tertiary/aromatic N) is 3. The lowest BCUT2D eigenvalue weighted by atomic mass is 10.0. The van der Waals surface area contributed by atoms with Crippen LogP contribution in [-0.4, -0.2) is 21.5 Å². The Morgan fingerprint density at radius 2 is 2.13 bits per heavy atom. The highest BCUT2D eigenvalue weighted by Gasteiger charge is 2.26. The Kier molecular flexibility index (Phi) is 2.82. The maximum absolute atomic E-state index is 12.2. The van der Waals surface area contributed by atoms with Crippen LogP contribution in [0.5, 0.6) is 0 Å². The van der Waals surface area contributed by atoms with Gasteiger partial charge in [0.2, 0.25) is 0 Å². The number of hydrogen-bond donors (Lipinski definition) is 1. The highest BCUT2D eigenvalue weighted by atomic mass is 32.1. The molecule has 23 heavy (non-hydrogen) atoms. The van der Waals surface area contributed by atoms with E-state index in [4.69, 9.17) is 0 Å². The van der Waals surface area contributed by atoms with Gasteiger partial charge < -0.3 is 9.88 Å². The molecule has 0 bridgehead atoms. The van der Waals surface area contributed by atoms with Gasteiger partial charge in [0.15, 0.2) is 5.43 Å². The second-order valence-corrected chi connectivity index (χ2v) is 7.29. The van der Waals surface area contributed by atoms with Crippen molar-refractivity contribution in [3.8, 4) is 0 Å². The zero-order valence-electron chi connectivity index (χ0n) is 12.6. The number of hydrogen-bond acceptors (Lipinski definition) is 5. The number of nitrogens with one attached hydrogen (secondary N) is 1. The maximum atomic E-state index is 12.2. The smallest absolute Gasteiger partial charge is 0.186 e. The van der Waals surface area contributed by atoms with E-state index in [1.165, 1.54) is 22.2 Å². The standard InChI is InChI=1S/C17H16N4OS/c22-13-4-6-18-12-5-7-21(8-11(12)13)16-15-10-2-1-3-14(10)23-17(15)20-9-19-16/h4,6,9H,1-3,5,7-8H2,(H,18,22). The van der Waals surface area contributed by atoms with Crippen LogP contribution >= 0.6 is 11.3 Å². The zero-order chi connectivity index (χ0) is 15.4. The average Bonchev–Trinajstić information content (AvgIpc) is 3.15. The number of thiophene rings is 1. The molecule has 1 aliphatic carbocycles. The van der Waals surface area contributed by atoms with Crippen LogP contribution in [-0.2, 0) is 25.8 Å². The first-order chi connectivity index (χ1) is 11.3. The van der Waals surface area contributed by atoms with E-state index in [1.807, 2.05) is 11.3 Å². The lowest BCUT2D eigenvalue weighted by molar-refractivity contribution is 0.700. The molecule has 0 unspecified atom stereocenters. The monoisotopic (exact) mass is 324 g/mol. The van der Waals surface area contributed by atoms with Crippen molar-refractivity contribution in [3.05, 3.63) is 50.5 Å². The Morgan fingerprint density at radius 1 is 1.17 bits per heavy atom. The van der Waals surface area contributed by atoms with Gasteiger partial charge in [0, 0.05) is 47.9 Å². The number of pyridine rings is 1. The van der Waals surface area contributed by atoms with Crippen molar-refractivity contribution in [3.63, 3.8) is 0 Å². The largest absolute Gasteiger partial charge is 0.364 e. The summed E-state index contributed by atoms with van der Waals surface area (Å²) in [5.41, 5.74) is 3.49. The first-order valence-electron chi connectivity index (χ1n) is 8.01. The Balaban J connectivity index is 1.65. The summed E-state index contributed by atoms with van der Waals surface area (Å²) >= 11 is 1.81. The predicted molar refractivity (Wildman–Crippen MR) is 91.3 cm³/mol. The van der Waals surface area contributed by atoms with Crippen molar-refractivity contribution in [2.75, 3.05) is 11.4 Å². The number of fused-ring (bicyclic) bond motifs is 4. The minimum atomic E-state index is 0.115. The van der Waals surface area contributed by atoms with Gasteiger partial charge in [-0.1, -0.05) is 0 Å². The van der Waals surface area contributed by atoms with Gasteiger partial charge in [-0.25, -0.2) is 9.97 Å². The first kappa shape index (κ1) is 13.2. The molecule has 3 aromatic rings. The van der Waals surface area contributed by atoms with Crippen molar-refractivity contribution < 1.29 is 0 Å². The summed E-state index contributed by atoms with van der Waals surface area (Å²) < 4.78 is 0. The van der Waals surface area contributed by atoms with Crippen molar-refractivity contribution in [2.24, 2.45) is 0 Å². The van der Waals surface area contributed by atoms with Crippen molar-refractivity contribution >= 4 is 27.4 Å². The Bertz CT molecular complexity index is 974. The molecule has 0 atom stereocenters. The molecule has 5 nitrogen and oxygen atoms in total. The maximum Gasteiger partial charge on any atom is 0.186 e. The Hall–Kier alpha value is -2.21. The first-order valence-corrected chi connectivity index (χ1v) is 8.82. The number of anilines is 1. The molecule has 2 aliphatic rings. The average molecular weight is 324 g/mol. The van der Waals surface area contributed by atoms with E-state index < -0.39 is 0 Å². The third kappa shape index (κ3) is 1.94. The lowest BCUT2D eigenvalue weighted by Crippen LogP contribution is -2.35. The molecule has 1 aliphatic heterocycles. The minimum Gasteiger partial charge on any atom is -0.364 e. The molecule has 1 N–H and O–H groups in total. The number of aromatic nitrogens is 3. The second-order valence-electron chi connectivity index (χ2n) is 6.21. The molecule has 0 spiro atoms. The van der Waals surface area contributed by atoms with Gasteiger partial charge in [-0.2, -0.15) is 0 Å². The van der Waals surface area contributed by atoms with Gasteiger partial charge in [-0.15, -0.1) is 11.3 Å². The molecule has 6 heteroatoms. The molecule has 0 saturated heterocycles. The van der Waals surface area contributed by atoms with E-state index in [0.29, 0.717) is 6.54 Å². The van der Waals surface area contributed by atoms with Gasteiger partial charge in [0.1, 0.15) is 17.0 Å². The van der Waals surface area contributed by atoms with Crippen LogP contribution in [0.2, 0.25) is 0 Å². The molecular formula is C17H16N4OS. The van der Waals surface area contributed by atoms with Gasteiger partial charge in [0.25, 0.3) is 0 Å². The molecule has 0 aromatic carbocycles. The number of H-pyrrole nitrogens is 1. The topological polar surface area (TPSA) is 61.9 Å². The molecule has 5 rings (SSSR count). The summed E-state index contributed by atoms with van der Waals surface area (Å²) in [5.74, 6) is 1.00. The van der Waals surface area contributed by atoms with Crippen molar-refractivity contribution in [2.45, 2.75) is 32.2 Å². The SMILES string of the molecule is O=c1cc[nH]c2c1CN(c1ncnc3sc4c(c13)CCC4)CC2.